The number of aromatic nitrogens is 3. The minimum atomic E-state index is -0.0547. The summed E-state index contributed by atoms with van der Waals surface area (Å²) in [5.41, 5.74) is 1.44. The lowest BCUT2D eigenvalue weighted by Crippen LogP contribution is -2.24. The van der Waals surface area contributed by atoms with Gasteiger partial charge in [0.25, 0.3) is 0 Å². The fraction of sp³-hybridized carbons (Fsp3) is 0.312. The molecule has 1 aliphatic carbocycles. The van der Waals surface area contributed by atoms with E-state index in [1.54, 1.807) is 12.1 Å². The first-order chi connectivity index (χ1) is 11.2. The minimum Gasteiger partial charge on any atom is -0.487 e. The average molecular weight is 329 g/mol. The first-order valence-corrected chi connectivity index (χ1v) is 7.61. The number of Topliss-reactive ketones (excluding diaryl/α,β-unsaturated/α-hetero) is 1. The zero-order chi connectivity index (χ0) is 16.2. The molecule has 0 N–H and O–H groups in total. The van der Waals surface area contributed by atoms with E-state index in [1.165, 1.54) is 12.4 Å². The highest BCUT2D eigenvalue weighted by Gasteiger charge is 2.21. The molecule has 7 heteroatoms. The number of pyridine rings is 1. The van der Waals surface area contributed by atoms with Crippen LogP contribution in [0.25, 0.3) is 11.4 Å². The van der Waals surface area contributed by atoms with Gasteiger partial charge in [0.05, 0.1) is 29.3 Å². The molecule has 1 saturated carbocycles. The highest BCUT2D eigenvalue weighted by atomic mass is 35.5. The van der Waals surface area contributed by atoms with Crippen molar-refractivity contribution < 1.29 is 9.53 Å². The summed E-state index contributed by atoms with van der Waals surface area (Å²) >= 11 is 5.77. The third-order valence-corrected chi connectivity index (χ3v) is 3.84. The molecule has 116 valence electrons. The molecule has 0 aliphatic heterocycles. The number of nitriles is 1. The molecule has 3 rings (SSSR count). The van der Waals surface area contributed by atoms with Gasteiger partial charge in [0.2, 0.25) is 5.28 Å². The molecule has 0 unspecified atom stereocenters. The molecule has 6 nitrogen and oxygen atoms in total. The summed E-state index contributed by atoms with van der Waals surface area (Å²) in [5, 5.41) is 9.47. The van der Waals surface area contributed by atoms with Crippen LogP contribution in [0.5, 0.6) is 5.75 Å². The van der Waals surface area contributed by atoms with E-state index in [4.69, 9.17) is 16.3 Å². The monoisotopic (exact) mass is 328 g/mol. The number of halogens is 1. The number of carbonyl (C=O) groups is 1. The zero-order valence-corrected chi connectivity index (χ0v) is 13.0. The first-order valence-electron chi connectivity index (χ1n) is 7.23. The SMILES string of the molecule is N#Cc1cc(-c2ccnc(Cl)n2)ncc1OC1CCC(=O)CC1. The van der Waals surface area contributed by atoms with Crippen LogP contribution >= 0.6 is 11.6 Å². The van der Waals surface area contributed by atoms with Crippen molar-refractivity contribution in [3.8, 4) is 23.2 Å². The van der Waals surface area contributed by atoms with Crippen LogP contribution in [-0.2, 0) is 4.79 Å². The Hall–Kier alpha value is -2.52. The number of ketones is 1. The fourth-order valence-electron chi connectivity index (χ4n) is 2.45. The van der Waals surface area contributed by atoms with Gasteiger partial charge in [-0.05, 0) is 36.6 Å². The number of rotatable bonds is 3. The van der Waals surface area contributed by atoms with E-state index in [2.05, 4.69) is 21.0 Å². The highest BCUT2D eigenvalue weighted by molar-refractivity contribution is 6.28. The molecule has 2 aromatic heterocycles. The predicted molar refractivity (Wildman–Crippen MR) is 82.9 cm³/mol. The van der Waals surface area contributed by atoms with Crippen molar-refractivity contribution in [1.29, 1.82) is 5.26 Å². The third-order valence-electron chi connectivity index (χ3n) is 3.66. The Labute approximate surface area is 138 Å². The molecular weight excluding hydrogens is 316 g/mol. The Bertz CT molecular complexity index is 778. The molecule has 1 aliphatic rings. The largest absolute Gasteiger partial charge is 0.487 e. The molecule has 2 heterocycles. The molecule has 0 spiro atoms. The third kappa shape index (κ3) is 3.63. The van der Waals surface area contributed by atoms with Gasteiger partial charge in [-0.15, -0.1) is 0 Å². The Morgan fingerprint density at radius 3 is 2.74 bits per heavy atom. The number of nitrogens with zero attached hydrogens (tertiary/aromatic N) is 4. The normalized spacial score (nSPS) is 15.2. The molecule has 0 bridgehead atoms. The van der Waals surface area contributed by atoms with Crippen molar-refractivity contribution in [2.45, 2.75) is 31.8 Å². The lowest BCUT2D eigenvalue weighted by atomic mass is 9.96. The molecule has 2 aromatic rings. The van der Waals surface area contributed by atoms with Crippen LogP contribution < -0.4 is 4.74 Å². The lowest BCUT2D eigenvalue weighted by Gasteiger charge is -2.22. The van der Waals surface area contributed by atoms with Gasteiger partial charge in [-0.1, -0.05) is 0 Å². The Morgan fingerprint density at radius 2 is 2.04 bits per heavy atom. The van der Waals surface area contributed by atoms with Gasteiger partial charge in [0.1, 0.15) is 11.9 Å². The van der Waals surface area contributed by atoms with E-state index in [-0.39, 0.29) is 17.2 Å². The summed E-state index contributed by atoms with van der Waals surface area (Å²) < 4.78 is 5.84. The van der Waals surface area contributed by atoms with Crippen LogP contribution in [0.1, 0.15) is 31.2 Å². The van der Waals surface area contributed by atoms with Gasteiger partial charge >= 0.3 is 0 Å². The quantitative estimate of drug-likeness (QED) is 0.805. The average Bonchev–Trinajstić information content (AvgIpc) is 2.57. The molecule has 1 fully saturated rings. The summed E-state index contributed by atoms with van der Waals surface area (Å²) in [7, 11) is 0. The van der Waals surface area contributed by atoms with E-state index < -0.39 is 0 Å². The number of ether oxygens (including phenoxy) is 1. The van der Waals surface area contributed by atoms with Crippen molar-refractivity contribution in [3.63, 3.8) is 0 Å². The topological polar surface area (TPSA) is 88.8 Å². The Balaban J connectivity index is 1.83. The van der Waals surface area contributed by atoms with Gasteiger partial charge < -0.3 is 4.74 Å². The number of carbonyl (C=O) groups excluding carboxylic acids is 1. The van der Waals surface area contributed by atoms with Crippen molar-refractivity contribution in [1.82, 2.24) is 15.0 Å². The van der Waals surface area contributed by atoms with Gasteiger partial charge in [-0.3, -0.25) is 9.78 Å². The number of hydrogen-bond donors (Lipinski definition) is 0. The molecular formula is C16H13ClN4O2. The molecule has 0 amide bonds. The zero-order valence-electron chi connectivity index (χ0n) is 12.2. The van der Waals surface area contributed by atoms with Crippen molar-refractivity contribution >= 4 is 17.4 Å². The van der Waals surface area contributed by atoms with E-state index >= 15 is 0 Å². The van der Waals surface area contributed by atoms with Gasteiger partial charge in [0.15, 0.2) is 5.75 Å². The van der Waals surface area contributed by atoms with Crippen LogP contribution in [0.4, 0.5) is 0 Å². The minimum absolute atomic E-state index is 0.0547. The summed E-state index contributed by atoms with van der Waals surface area (Å²) in [6.45, 7) is 0. The van der Waals surface area contributed by atoms with Crippen LogP contribution in [0, 0.1) is 11.3 Å². The second-order valence-electron chi connectivity index (χ2n) is 5.24. The Kier molecular flexibility index (Phi) is 4.49. The second kappa shape index (κ2) is 6.71. The molecule has 0 radical (unpaired) electrons. The maximum Gasteiger partial charge on any atom is 0.222 e. The standard InChI is InChI=1S/C16H13ClN4O2/c17-16-19-6-5-13(21-16)14-7-10(8-18)15(9-20-14)23-12-3-1-11(22)2-4-12/h5-7,9,12H,1-4H2. The van der Waals surface area contributed by atoms with E-state index in [0.717, 1.165) is 0 Å². The Morgan fingerprint density at radius 1 is 1.26 bits per heavy atom. The maximum absolute atomic E-state index is 11.3. The maximum atomic E-state index is 11.3. The lowest BCUT2D eigenvalue weighted by molar-refractivity contribution is -0.121. The van der Waals surface area contributed by atoms with E-state index in [9.17, 15) is 10.1 Å². The van der Waals surface area contributed by atoms with Gasteiger partial charge in [-0.2, -0.15) is 5.26 Å². The summed E-state index contributed by atoms with van der Waals surface area (Å²) in [6.07, 6.45) is 5.39. The van der Waals surface area contributed by atoms with Crippen molar-refractivity contribution in [2.24, 2.45) is 0 Å². The van der Waals surface area contributed by atoms with Crippen LogP contribution in [0.15, 0.2) is 24.5 Å². The van der Waals surface area contributed by atoms with Crippen LogP contribution in [-0.4, -0.2) is 26.8 Å². The summed E-state index contributed by atoms with van der Waals surface area (Å²) in [6, 6.07) is 5.39. The summed E-state index contributed by atoms with van der Waals surface area (Å²) in [5.74, 6) is 0.690. The van der Waals surface area contributed by atoms with Crippen molar-refractivity contribution in [2.75, 3.05) is 0 Å². The number of hydrogen-bond acceptors (Lipinski definition) is 6. The van der Waals surface area contributed by atoms with E-state index in [0.29, 0.717) is 48.4 Å². The van der Waals surface area contributed by atoms with Gasteiger partial charge in [0, 0.05) is 19.0 Å². The van der Waals surface area contributed by atoms with Gasteiger partial charge in [-0.25, -0.2) is 9.97 Å². The molecule has 0 saturated heterocycles. The molecule has 23 heavy (non-hydrogen) atoms. The smallest absolute Gasteiger partial charge is 0.222 e. The van der Waals surface area contributed by atoms with E-state index in [1.807, 2.05) is 0 Å². The molecule has 0 aromatic carbocycles. The summed E-state index contributed by atoms with van der Waals surface area (Å²) in [4.78, 5) is 23.5. The van der Waals surface area contributed by atoms with Crippen LogP contribution in [0.3, 0.4) is 0 Å². The van der Waals surface area contributed by atoms with Crippen LogP contribution in [0.2, 0.25) is 5.28 Å². The highest BCUT2D eigenvalue weighted by Crippen LogP contribution is 2.27. The second-order valence-corrected chi connectivity index (χ2v) is 5.58. The fourth-order valence-corrected chi connectivity index (χ4v) is 2.60. The molecule has 0 atom stereocenters. The predicted octanol–water partition coefficient (Wildman–Crippen LogP) is 2.95. The first kappa shape index (κ1) is 15.4. The van der Waals surface area contributed by atoms with Crippen molar-refractivity contribution in [3.05, 3.63) is 35.4 Å².